The molecule has 9 nitrogen and oxygen atoms in total. The van der Waals surface area contributed by atoms with Crippen LogP contribution in [0.2, 0.25) is 0 Å². The minimum Gasteiger partial charge on any atom is -0.392 e. The molecule has 4 amide bonds. The van der Waals surface area contributed by atoms with Crippen molar-refractivity contribution in [3.63, 3.8) is 0 Å². The minimum atomic E-state index is -0.766. The number of primary amides is 1. The number of benzene rings is 3. The maximum atomic E-state index is 13.8. The monoisotopic (exact) mass is 589 g/mol. The van der Waals surface area contributed by atoms with Crippen molar-refractivity contribution in [1.82, 2.24) is 20.9 Å². The van der Waals surface area contributed by atoms with Crippen molar-refractivity contribution in [3.05, 3.63) is 89.5 Å². The van der Waals surface area contributed by atoms with Crippen LogP contribution in [0.3, 0.4) is 0 Å². The lowest BCUT2D eigenvalue weighted by Gasteiger charge is -2.28. The summed E-state index contributed by atoms with van der Waals surface area (Å²) in [6.45, 7) is 6.99. The molecule has 0 spiro atoms. The number of hydrogen-bond donors (Lipinski definition) is 5. The second-order valence-electron chi connectivity index (χ2n) is 11.2. The second kappa shape index (κ2) is 13.9. The first-order valence-electron chi connectivity index (χ1n) is 14.0. The zero-order chi connectivity index (χ0) is 30.3. The zero-order valence-electron chi connectivity index (χ0n) is 24.2. The smallest absolute Gasteiger partial charge is 0.312 e. The summed E-state index contributed by atoms with van der Waals surface area (Å²) in [5.74, 6) is -0.400. The fourth-order valence-corrected chi connectivity index (χ4v) is 5.97. The van der Waals surface area contributed by atoms with Crippen LogP contribution in [0.5, 0.6) is 0 Å². The first kappa shape index (κ1) is 31.1. The molecule has 1 aliphatic rings. The van der Waals surface area contributed by atoms with Crippen molar-refractivity contribution < 1.29 is 19.5 Å². The van der Waals surface area contributed by atoms with Crippen molar-refractivity contribution in [2.75, 3.05) is 6.54 Å². The standard InChI is InChI=1S/C32H39N5O4S/c1-21(38)17-35-32(2,3)16-28(39)36-29-30(40)37(20-25-9-5-7-11-27(25)42-29)19-22-12-14-23(15-13-22)26-10-6-4-8-24(26)18-34-31(33)41/h4-15,21,29,35,38H,16-20H2,1-3H3,(H,36,39)(H3,33,34,41)/t21-,29-/m1/s1. The van der Waals surface area contributed by atoms with E-state index >= 15 is 0 Å². The van der Waals surface area contributed by atoms with Gasteiger partial charge in [-0.2, -0.15) is 0 Å². The molecule has 1 aliphatic heterocycles. The number of β-amino-alcohol motifs (C(OH)–C–C–N with tert-alkyl or cyclic N) is 1. The van der Waals surface area contributed by atoms with Crippen molar-refractivity contribution in [1.29, 1.82) is 0 Å². The molecule has 2 atom stereocenters. The zero-order valence-corrected chi connectivity index (χ0v) is 25.0. The van der Waals surface area contributed by atoms with Crippen LogP contribution in [0.25, 0.3) is 11.1 Å². The van der Waals surface area contributed by atoms with Gasteiger partial charge >= 0.3 is 6.03 Å². The van der Waals surface area contributed by atoms with Crippen molar-refractivity contribution in [2.45, 2.75) is 68.7 Å². The summed E-state index contributed by atoms with van der Waals surface area (Å²) in [6, 6.07) is 23.1. The van der Waals surface area contributed by atoms with Gasteiger partial charge in [-0.25, -0.2) is 4.79 Å². The molecule has 0 aliphatic carbocycles. The second-order valence-corrected chi connectivity index (χ2v) is 12.4. The molecule has 3 aromatic rings. The van der Waals surface area contributed by atoms with Gasteiger partial charge in [0, 0.05) is 43.0 Å². The van der Waals surface area contributed by atoms with Crippen LogP contribution in [0, 0.1) is 0 Å². The molecule has 0 saturated heterocycles. The Balaban J connectivity index is 1.50. The molecular formula is C32H39N5O4S. The van der Waals surface area contributed by atoms with Crippen molar-refractivity contribution in [3.8, 4) is 11.1 Å². The SMILES string of the molecule is C[C@@H](O)CNC(C)(C)CC(=O)N[C@@H]1Sc2ccccc2CN(Cc2ccc(-c3ccccc3CNC(N)=O)cc2)C1=O. The maximum Gasteiger partial charge on any atom is 0.312 e. The Kier molecular flexibility index (Phi) is 10.3. The van der Waals surface area contributed by atoms with Gasteiger partial charge in [0.1, 0.15) is 0 Å². The van der Waals surface area contributed by atoms with Crippen LogP contribution in [0.1, 0.15) is 43.9 Å². The van der Waals surface area contributed by atoms with Gasteiger partial charge < -0.3 is 31.7 Å². The Morgan fingerprint density at radius 2 is 1.76 bits per heavy atom. The summed E-state index contributed by atoms with van der Waals surface area (Å²) in [5.41, 5.74) is 9.61. The number of rotatable bonds is 11. The number of nitrogens with two attached hydrogens (primary N) is 1. The van der Waals surface area contributed by atoms with Gasteiger partial charge in [0.15, 0.2) is 5.37 Å². The summed E-state index contributed by atoms with van der Waals surface area (Å²) in [6.07, 6.45) is -0.372. The first-order chi connectivity index (χ1) is 20.0. The van der Waals surface area contributed by atoms with E-state index in [1.807, 2.05) is 86.6 Å². The number of urea groups is 1. The molecule has 0 saturated carbocycles. The van der Waals surface area contributed by atoms with Crippen LogP contribution in [-0.4, -0.2) is 51.4 Å². The molecule has 0 aromatic heterocycles. The molecule has 10 heteroatoms. The maximum absolute atomic E-state index is 13.8. The quantitative estimate of drug-likeness (QED) is 0.231. The molecule has 3 aromatic carbocycles. The van der Waals surface area contributed by atoms with Crippen LogP contribution < -0.4 is 21.7 Å². The molecule has 42 heavy (non-hydrogen) atoms. The molecule has 0 fully saturated rings. The van der Waals surface area contributed by atoms with Crippen LogP contribution in [0.4, 0.5) is 4.79 Å². The number of nitrogens with one attached hydrogen (secondary N) is 3. The van der Waals surface area contributed by atoms with Gasteiger partial charge in [0.25, 0.3) is 5.91 Å². The number of aliphatic hydroxyl groups is 1. The molecule has 4 rings (SSSR count). The fourth-order valence-electron chi connectivity index (χ4n) is 4.83. The van der Waals surface area contributed by atoms with E-state index in [1.54, 1.807) is 11.8 Å². The Bertz CT molecular complexity index is 1410. The van der Waals surface area contributed by atoms with Gasteiger partial charge in [-0.1, -0.05) is 78.5 Å². The summed E-state index contributed by atoms with van der Waals surface area (Å²) >= 11 is 1.36. The van der Waals surface area contributed by atoms with E-state index in [9.17, 15) is 19.5 Å². The summed E-state index contributed by atoms with van der Waals surface area (Å²) in [5, 5.41) is 17.7. The predicted octanol–water partition coefficient (Wildman–Crippen LogP) is 3.74. The van der Waals surface area contributed by atoms with Crippen molar-refractivity contribution >= 4 is 29.6 Å². The average Bonchev–Trinajstić information content (AvgIpc) is 3.07. The topological polar surface area (TPSA) is 137 Å². The van der Waals surface area contributed by atoms with E-state index in [0.717, 1.165) is 32.7 Å². The Hall–Kier alpha value is -3.86. The van der Waals surface area contributed by atoms with Crippen LogP contribution >= 0.6 is 11.8 Å². The highest BCUT2D eigenvalue weighted by molar-refractivity contribution is 8.00. The van der Waals surface area contributed by atoms with Gasteiger partial charge in [-0.15, -0.1) is 0 Å². The van der Waals surface area contributed by atoms with E-state index < -0.39 is 23.0 Å². The van der Waals surface area contributed by atoms with Crippen LogP contribution in [-0.2, 0) is 29.2 Å². The highest BCUT2D eigenvalue weighted by Gasteiger charge is 2.33. The number of nitrogens with zero attached hydrogens (tertiary/aromatic N) is 1. The molecule has 0 unspecified atom stereocenters. The van der Waals surface area contributed by atoms with E-state index in [4.69, 9.17) is 5.73 Å². The third-order valence-corrected chi connectivity index (χ3v) is 8.20. The lowest BCUT2D eigenvalue weighted by molar-refractivity contribution is -0.135. The van der Waals surface area contributed by atoms with Gasteiger partial charge in [0.2, 0.25) is 5.91 Å². The highest BCUT2D eigenvalue weighted by atomic mass is 32.2. The number of fused-ring (bicyclic) bond motifs is 1. The fraction of sp³-hybridized carbons (Fsp3) is 0.344. The van der Waals surface area contributed by atoms with E-state index in [-0.39, 0.29) is 18.2 Å². The Morgan fingerprint density at radius 3 is 2.48 bits per heavy atom. The lowest BCUT2D eigenvalue weighted by Crippen LogP contribution is -2.50. The summed E-state index contributed by atoms with van der Waals surface area (Å²) in [7, 11) is 0. The highest BCUT2D eigenvalue weighted by Crippen LogP contribution is 2.33. The average molecular weight is 590 g/mol. The molecule has 0 radical (unpaired) electrons. The molecule has 0 bridgehead atoms. The molecule has 222 valence electrons. The predicted molar refractivity (Wildman–Crippen MR) is 165 cm³/mol. The third kappa shape index (κ3) is 8.58. The summed E-state index contributed by atoms with van der Waals surface area (Å²) < 4.78 is 0. The van der Waals surface area contributed by atoms with Crippen LogP contribution in [0.15, 0.2) is 77.7 Å². The number of aliphatic hydroxyl groups excluding tert-OH is 1. The Morgan fingerprint density at radius 1 is 1.07 bits per heavy atom. The van der Waals surface area contributed by atoms with Crippen molar-refractivity contribution in [2.24, 2.45) is 5.73 Å². The minimum absolute atomic E-state index is 0.156. The van der Waals surface area contributed by atoms with Gasteiger partial charge in [0.05, 0.1) is 6.10 Å². The van der Waals surface area contributed by atoms with E-state index in [1.165, 1.54) is 11.8 Å². The number of hydrogen-bond acceptors (Lipinski definition) is 6. The third-order valence-electron chi connectivity index (χ3n) is 6.99. The molecule has 1 heterocycles. The molecular weight excluding hydrogens is 550 g/mol. The van der Waals surface area contributed by atoms with E-state index in [2.05, 4.69) is 16.0 Å². The molecule has 6 N–H and O–H groups in total. The van der Waals surface area contributed by atoms with Gasteiger partial charge in [-0.05, 0) is 54.7 Å². The lowest BCUT2D eigenvalue weighted by atomic mass is 9.98. The summed E-state index contributed by atoms with van der Waals surface area (Å²) in [4.78, 5) is 40.8. The Labute approximate surface area is 251 Å². The van der Waals surface area contributed by atoms with E-state index in [0.29, 0.717) is 26.2 Å². The number of thioether (sulfide) groups is 1. The van der Waals surface area contributed by atoms with Gasteiger partial charge in [-0.3, -0.25) is 9.59 Å². The number of carbonyl (C=O) groups is 3. The number of carbonyl (C=O) groups excluding carboxylic acids is 3. The first-order valence-corrected chi connectivity index (χ1v) is 14.8. The number of amides is 4. The normalized spacial score (nSPS) is 15.9. The largest absolute Gasteiger partial charge is 0.392 e.